The molecule has 0 spiro atoms. The Morgan fingerprint density at radius 2 is 2.09 bits per heavy atom. The zero-order valence-corrected chi connectivity index (χ0v) is 8.05. The highest BCUT2D eigenvalue weighted by Crippen LogP contribution is 2.05. The van der Waals surface area contributed by atoms with Crippen molar-refractivity contribution in [1.29, 1.82) is 0 Å². The van der Waals surface area contributed by atoms with E-state index in [2.05, 4.69) is 4.98 Å². The summed E-state index contributed by atoms with van der Waals surface area (Å²) in [7, 11) is 0. The van der Waals surface area contributed by atoms with E-state index in [1.54, 1.807) is 12.3 Å². The van der Waals surface area contributed by atoms with Gasteiger partial charge in [-0.15, -0.1) is 24.8 Å². The first-order valence-corrected chi connectivity index (χ1v) is 3.01. The van der Waals surface area contributed by atoms with Gasteiger partial charge in [-0.25, -0.2) is 4.98 Å². The van der Waals surface area contributed by atoms with Crippen molar-refractivity contribution in [2.75, 3.05) is 0 Å². The van der Waals surface area contributed by atoms with Crippen LogP contribution < -0.4 is 5.73 Å². The predicted molar refractivity (Wildman–Crippen MR) is 51.6 cm³/mol. The summed E-state index contributed by atoms with van der Waals surface area (Å²) in [6.07, 6.45) is 1.64. The highest BCUT2D eigenvalue weighted by molar-refractivity contribution is 6.29. The van der Waals surface area contributed by atoms with Crippen molar-refractivity contribution >= 4 is 36.4 Å². The highest BCUT2D eigenvalue weighted by Gasteiger charge is 1.89. The molecule has 11 heavy (non-hydrogen) atoms. The SMILES string of the molecule is Cl.Cl.NCc1ccnc(Cl)c1. The summed E-state index contributed by atoms with van der Waals surface area (Å²) in [5.41, 5.74) is 6.34. The molecule has 2 nitrogen and oxygen atoms in total. The van der Waals surface area contributed by atoms with E-state index in [9.17, 15) is 0 Å². The van der Waals surface area contributed by atoms with E-state index >= 15 is 0 Å². The second-order valence-electron chi connectivity index (χ2n) is 1.69. The molecule has 0 aliphatic rings. The van der Waals surface area contributed by atoms with E-state index in [1.807, 2.05) is 6.07 Å². The zero-order valence-electron chi connectivity index (χ0n) is 5.66. The van der Waals surface area contributed by atoms with Gasteiger partial charge in [0.05, 0.1) is 0 Å². The van der Waals surface area contributed by atoms with E-state index in [-0.39, 0.29) is 24.8 Å². The van der Waals surface area contributed by atoms with Crippen molar-refractivity contribution in [3.05, 3.63) is 29.0 Å². The summed E-state index contributed by atoms with van der Waals surface area (Å²) in [5.74, 6) is 0. The van der Waals surface area contributed by atoms with Gasteiger partial charge in [0.1, 0.15) is 5.15 Å². The molecule has 0 unspecified atom stereocenters. The van der Waals surface area contributed by atoms with Gasteiger partial charge in [-0.05, 0) is 17.7 Å². The molecule has 0 radical (unpaired) electrons. The van der Waals surface area contributed by atoms with Crippen LogP contribution in [0.2, 0.25) is 5.15 Å². The third-order valence-electron chi connectivity index (χ3n) is 1.03. The fourth-order valence-electron chi connectivity index (χ4n) is 0.570. The lowest BCUT2D eigenvalue weighted by atomic mass is 10.3. The van der Waals surface area contributed by atoms with Crippen molar-refractivity contribution < 1.29 is 0 Å². The number of hydrogen-bond acceptors (Lipinski definition) is 2. The number of aromatic nitrogens is 1. The molecule has 1 rings (SSSR count). The zero-order chi connectivity index (χ0) is 6.69. The van der Waals surface area contributed by atoms with Gasteiger partial charge >= 0.3 is 0 Å². The third-order valence-corrected chi connectivity index (χ3v) is 1.23. The molecule has 0 fully saturated rings. The maximum atomic E-state index is 5.56. The summed E-state index contributed by atoms with van der Waals surface area (Å²) < 4.78 is 0. The monoisotopic (exact) mass is 214 g/mol. The van der Waals surface area contributed by atoms with Gasteiger partial charge in [-0.1, -0.05) is 11.6 Å². The number of rotatable bonds is 1. The van der Waals surface area contributed by atoms with Gasteiger partial charge in [-0.2, -0.15) is 0 Å². The first-order chi connectivity index (χ1) is 4.33. The minimum absolute atomic E-state index is 0. The fraction of sp³-hybridized carbons (Fsp3) is 0.167. The Morgan fingerprint density at radius 1 is 1.45 bits per heavy atom. The van der Waals surface area contributed by atoms with Crippen LogP contribution in [0.25, 0.3) is 0 Å². The molecule has 0 saturated carbocycles. The number of nitrogens with two attached hydrogens (primary N) is 1. The lowest BCUT2D eigenvalue weighted by Crippen LogP contribution is -1.95. The number of nitrogens with zero attached hydrogens (tertiary/aromatic N) is 1. The van der Waals surface area contributed by atoms with Crippen molar-refractivity contribution in [3.8, 4) is 0 Å². The normalized spacial score (nSPS) is 7.82. The quantitative estimate of drug-likeness (QED) is 0.728. The Labute approximate surface area is 83.0 Å². The smallest absolute Gasteiger partial charge is 0.129 e. The van der Waals surface area contributed by atoms with Gasteiger partial charge < -0.3 is 5.73 Å². The van der Waals surface area contributed by atoms with Crippen molar-refractivity contribution in [3.63, 3.8) is 0 Å². The maximum absolute atomic E-state index is 5.56. The molecule has 0 aliphatic heterocycles. The van der Waals surface area contributed by atoms with Crippen LogP contribution in [-0.2, 0) is 6.54 Å². The van der Waals surface area contributed by atoms with Crippen molar-refractivity contribution in [1.82, 2.24) is 4.98 Å². The highest BCUT2D eigenvalue weighted by atomic mass is 35.5. The summed E-state index contributed by atoms with van der Waals surface area (Å²) in [4.78, 5) is 3.80. The fourth-order valence-corrected chi connectivity index (χ4v) is 0.766. The van der Waals surface area contributed by atoms with Crippen LogP contribution in [0.15, 0.2) is 18.3 Å². The number of halogens is 3. The lowest BCUT2D eigenvalue weighted by molar-refractivity contribution is 1.06. The number of hydrogen-bond donors (Lipinski definition) is 1. The average molecular weight is 216 g/mol. The molecule has 0 amide bonds. The van der Waals surface area contributed by atoms with E-state index in [4.69, 9.17) is 17.3 Å². The molecule has 0 aliphatic carbocycles. The largest absolute Gasteiger partial charge is 0.326 e. The van der Waals surface area contributed by atoms with Crippen LogP contribution in [0, 0.1) is 0 Å². The van der Waals surface area contributed by atoms with Crippen molar-refractivity contribution in [2.24, 2.45) is 5.73 Å². The van der Waals surface area contributed by atoms with Crippen LogP contribution in [0.1, 0.15) is 5.56 Å². The second-order valence-corrected chi connectivity index (χ2v) is 2.08. The minimum atomic E-state index is 0. The van der Waals surface area contributed by atoms with Gasteiger partial charge in [0, 0.05) is 12.7 Å². The standard InChI is InChI=1S/C6H7ClN2.2ClH/c7-6-3-5(4-8)1-2-9-6;;/h1-3H,4,8H2;2*1H. The summed E-state index contributed by atoms with van der Waals surface area (Å²) in [6.45, 7) is 0.516. The molecule has 2 N–H and O–H groups in total. The Balaban J connectivity index is 0. The Bertz CT molecular complexity index is 205. The predicted octanol–water partition coefficient (Wildman–Crippen LogP) is 2.04. The maximum Gasteiger partial charge on any atom is 0.129 e. The molecule has 0 aromatic carbocycles. The molecule has 5 heteroatoms. The average Bonchev–Trinajstić information content (AvgIpc) is 1.88. The summed E-state index contributed by atoms with van der Waals surface area (Å²) in [5, 5.41) is 0.498. The second kappa shape index (κ2) is 6.68. The molecule has 0 atom stereocenters. The van der Waals surface area contributed by atoms with Crippen LogP contribution in [-0.4, -0.2) is 4.98 Å². The van der Waals surface area contributed by atoms with E-state index in [0.717, 1.165) is 5.56 Å². The van der Waals surface area contributed by atoms with Gasteiger partial charge in [-0.3, -0.25) is 0 Å². The molecular weight excluding hydrogens is 206 g/mol. The van der Waals surface area contributed by atoms with Crippen molar-refractivity contribution in [2.45, 2.75) is 6.54 Å². The van der Waals surface area contributed by atoms with Gasteiger partial charge in [0.15, 0.2) is 0 Å². The summed E-state index contributed by atoms with van der Waals surface area (Å²) in [6, 6.07) is 3.59. The Kier molecular flexibility index (Phi) is 8.23. The lowest BCUT2D eigenvalue weighted by Gasteiger charge is -1.93. The molecule has 1 aromatic heterocycles. The molecule has 1 heterocycles. The third kappa shape index (κ3) is 4.43. The topological polar surface area (TPSA) is 38.9 Å². The molecule has 0 saturated heterocycles. The van der Waals surface area contributed by atoms with Gasteiger partial charge in [0.25, 0.3) is 0 Å². The molecule has 0 bridgehead atoms. The molecular formula is C6H9Cl3N2. The van der Waals surface area contributed by atoms with E-state index in [0.29, 0.717) is 11.7 Å². The molecule has 1 aromatic rings. The first-order valence-electron chi connectivity index (χ1n) is 2.63. The first kappa shape index (κ1) is 13.6. The van der Waals surface area contributed by atoms with Crippen LogP contribution in [0.5, 0.6) is 0 Å². The molecule has 64 valence electrons. The summed E-state index contributed by atoms with van der Waals surface area (Å²) >= 11 is 5.56. The van der Waals surface area contributed by atoms with Crippen LogP contribution in [0.3, 0.4) is 0 Å². The van der Waals surface area contributed by atoms with E-state index in [1.165, 1.54) is 0 Å². The Morgan fingerprint density at radius 3 is 2.45 bits per heavy atom. The van der Waals surface area contributed by atoms with Crippen LogP contribution >= 0.6 is 36.4 Å². The van der Waals surface area contributed by atoms with E-state index < -0.39 is 0 Å². The Hall–Kier alpha value is -0.0200. The van der Waals surface area contributed by atoms with Gasteiger partial charge in [0.2, 0.25) is 0 Å². The van der Waals surface area contributed by atoms with Crippen LogP contribution in [0.4, 0.5) is 0 Å². The number of pyridine rings is 1. The minimum Gasteiger partial charge on any atom is -0.326 e.